The van der Waals surface area contributed by atoms with Gasteiger partial charge in [-0.25, -0.2) is 0 Å². The average Bonchev–Trinajstić information content (AvgIpc) is 3.93. The number of hydrogen-bond donors (Lipinski definition) is 16. The summed E-state index contributed by atoms with van der Waals surface area (Å²) in [6.45, 7) is 6.64. The van der Waals surface area contributed by atoms with Crippen LogP contribution in [-0.4, -0.2) is 273 Å². The lowest BCUT2D eigenvalue weighted by molar-refractivity contribution is -0.400. The molecular weight excluding hydrogens is 1030 g/mol. The Morgan fingerprint density at radius 2 is 0.987 bits per heavy atom. The molecule has 27 heteroatoms. The molecule has 0 aromatic heterocycles. The van der Waals surface area contributed by atoms with Gasteiger partial charge in [-0.2, -0.15) is 0 Å². The van der Waals surface area contributed by atoms with Crippen molar-refractivity contribution in [1.29, 1.82) is 0 Å². The predicted octanol–water partition coefficient (Wildman–Crippen LogP) is -6.26. The summed E-state index contributed by atoms with van der Waals surface area (Å²) in [7, 11) is 0. The molecule has 442 valence electrons. The van der Waals surface area contributed by atoms with E-state index in [0.717, 1.165) is 0 Å². The molecule has 4 aliphatic carbocycles. The van der Waals surface area contributed by atoms with Crippen molar-refractivity contribution in [2.75, 3.05) is 26.4 Å². The number of hydrogen-bond acceptors (Lipinski definition) is 27. The summed E-state index contributed by atoms with van der Waals surface area (Å²) in [5.41, 5.74) is -2.71. The van der Waals surface area contributed by atoms with Crippen LogP contribution in [0, 0.1) is 28.1 Å². The van der Waals surface area contributed by atoms with Crippen LogP contribution in [0.5, 0.6) is 0 Å². The monoisotopic (exact) mass is 1110 g/mol. The molecule has 5 aliphatic heterocycles. The molecule has 27 nitrogen and oxygen atoms in total. The van der Waals surface area contributed by atoms with Crippen molar-refractivity contribution >= 4 is 5.97 Å². The number of ether oxygens (including phenoxy) is 10. The van der Waals surface area contributed by atoms with E-state index in [1.165, 1.54) is 6.92 Å². The van der Waals surface area contributed by atoms with Gasteiger partial charge >= 0.3 is 5.97 Å². The van der Waals surface area contributed by atoms with Crippen molar-refractivity contribution in [1.82, 2.24) is 0 Å². The van der Waals surface area contributed by atoms with Crippen molar-refractivity contribution < 1.29 is 134 Å². The van der Waals surface area contributed by atoms with Crippen LogP contribution in [0.1, 0.15) is 78.6 Å². The van der Waals surface area contributed by atoms with Crippen molar-refractivity contribution in [3.05, 3.63) is 12.2 Å². The maximum Gasteiger partial charge on any atom is 0.314 e. The zero-order valence-electron chi connectivity index (χ0n) is 43.1. The lowest BCUT2D eigenvalue weighted by atomic mass is 9.41. The molecule has 5 heterocycles. The van der Waals surface area contributed by atoms with Crippen LogP contribution in [0.25, 0.3) is 0 Å². The van der Waals surface area contributed by atoms with E-state index in [1.807, 2.05) is 6.92 Å². The Morgan fingerprint density at radius 1 is 0.519 bits per heavy atom. The third-order valence-electron chi connectivity index (χ3n) is 19.2. The van der Waals surface area contributed by atoms with Crippen LogP contribution in [-0.2, 0) is 52.2 Å². The second-order valence-corrected chi connectivity index (χ2v) is 23.6. The highest BCUT2D eigenvalue weighted by Crippen LogP contribution is 2.74. The Balaban J connectivity index is 0.969. The highest BCUT2D eigenvalue weighted by Gasteiger charge is 2.70. The number of rotatable bonds is 14. The Kier molecular flexibility index (Phi) is 17.7. The fraction of sp³-hybridized carbons (Fsp3) is 0.940. The topological polar surface area (TPSA) is 433 Å². The molecule has 0 aromatic carbocycles. The lowest BCUT2D eigenvalue weighted by Crippen LogP contribution is -2.68. The number of carbonyl (C=O) groups is 1. The highest BCUT2D eigenvalue weighted by atomic mass is 16.8. The Hall–Kier alpha value is -1.79. The molecule has 77 heavy (non-hydrogen) atoms. The van der Waals surface area contributed by atoms with Crippen LogP contribution in [0.2, 0.25) is 0 Å². The van der Waals surface area contributed by atoms with Gasteiger partial charge in [0, 0.05) is 0 Å². The number of fused-ring (bicyclic) bond motifs is 3. The van der Waals surface area contributed by atoms with E-state index in [2.05, 4.69) is 13.5 Å². The fourth-order valence-electron chi connectivity index (χ4n) is 14.9. The minimum atomic E-state index is -1.98. The fourth-order valence-corrected chi connectivity index (χ4v) is 14.9. The van der Waals surface area contributed by atoms with Crippen LogP contribution >= 0.6 is 0 Å². The molecule has 0 amide bonds. The van der Waals surface area contributed by atoms with E-state index in [1.54, 1.807) is 0 Å². The minimum absolute atomic E-state index is 0.0497. The number of aliphatic hydroxyl groups excluding tert-OH is 16. The lowest BCUT2D eigenvalue weighted by Gasteiger charge is -2.64. The molecule has 1 spiro atoms. The zero-order valence-corrected chi connectivity index (χ0v) is 43.1. The van der Waals surface area contributed by atoms with Gasteiger partial charge in [0.25, 0.3) is 0 Å². The van der Waals surface area contributed by atoms with Gasteiger partial charge < -0.3 is 129 Å². The van der Waals surface area contributed by atoms with Crippen molar-refractivity contribution in [2.45, 2.75) is 238 Å². The number of esters is 1. The van der Waals surface area contributed by atoms with Crippen molar-refractivity contribution in [2.24, 2.45) is 28.1 Å². The Labute approximate surface area is 443 Å². The summed E-state index contributed by atoms with van der Waals surface area (Å²) in [6.07, 6.45) is -38.3. The largest absolute Gasteiger partial charge is 0.432 e. The van der Waals surface area contributed by atoms with E-state index in [0.29, 0.717) is 63.4 Å². The zero-order chi connectivity index (χ0) is 56.0. The smallest absolute Gasteiger partial charge is 0.314 e. The summed E-state index contributed by atoms with van der Waals surface area (Å²) in [4.78, 5) is 14.9. The van der Waals surface area contributed by atoms with Crippen LogP contribution in [0.15, 0.2) is 12.2 Å². The summed E-state index contributed by atoms with van der Waals surface area (Å²) in [5.74, 6) is -1.05. The molecule has 0 aromatic rings. The predicted molar refractivity (Wildman–Crippen MR) is 250 cm³/mol. The SMILES string of the molecule is C=C1C[C@]23CC[C@@H]4[C@](C)(CCC[C@]4(C)C(=O)O[C@H]4O[C@@H](CO)[C@H](O)[C@@H](O)[C@@H]4O[C@H]4O[C@@H](C)[C@H](O)[C@@H](O)[C@@H]4O)[C@H]2CC[C@@]1(O[C@H]1O[C@@H](CO)[C@H](O)[C@@H](O[C@H]2O[C@@H](CO)[C@H](O)[C@@H](O)[C@@H]2O)[C@@H]1O[C@H]1O[C@@H](CO)[C@H](O)[C@@H](O)[C@@H]1O)C3. The normalized spacial score (nSPS) is 55.1. The van der Waals surface area contributed by atoms with Gasteiger partial charge in [-0.3, -0.25) is 4.79 Å². The Morgan fingerprint density at radius 3 is 1.56 bits per heavy atom. The van der Waals surface area contributed by atoms with E-state index in [9.17, 15) is 86.5 Å². The van der Waals surface area contributed by atoms with Crippen LogP contribution in [0.3, 0.4) is 0 Å². The van der Waals surface area contributed by atoms with Gasteiger partial charge in [0.1, 0.15) is 110 Å². The van der Waals surface area contributed by atoms with Crippen LogP contribution in [0.4, 0.5) is 0 Å². The molecular formula is C50H80O27. The van der Waals surface area contributed by atoms with Gasteiger partial charge in [-0.05, 0) is 93.5 Å². The molecule has 9 aliphatic rings. The standard InChI is InChI=1S/C50H80O27/c1-18-12-49-10-6-24-47(3,8-5-9-48(24,4)46(67)76-44-39(34(63)29(58)22(15-53)71-44)74-41-35(64)31(60)26(55)19(2)68-41)25(49)7-11-50(18,17-49)77-45-40(75-43-37(66)33(62)28(57)21(14-52)70-43)38(30(59)23(16-54)72-45)73-42-36(65)32(61)27(56)20(13-51)69-42/h19-45,51-66H,1,5-17H2,2-4H3/t19-,20-,21-,22-,23-,24+,25+,26-,27-,28-,29-,30-,31+,32+,33+,34+,35-,36-,37-,38+,39-,40-,41+,42+,43+,44+,45+,47-,48-,49-,50+/m0/s1. The summed E-state index contributed by atoms with van der Waals surface area (Å²) in [6, 6.07) is 0. The third kappa shape index (κ3) is 10.3. The van der Waals surface area contributed by atoms with Crippen molar-refractivity contribution in [3.8, 4) is 0 Å². The van der Waals surface area contributed by atoms with E-state index < -0.39 is 208 Å². The molecule has 31 atom stereocenters. The second-order valence-electron chi connectivity index (χ2n) is 23.6. The number of carbonyl (C=O) groups excluding carboxylic acids is 1. The van der Waals surface area contributed by atoms with E-state index in [-0.39, 0.29) is 11.8 Å². The maximum absolute atomic E-state index is 14.9. The summed E-state index contributed by atoms with van der Waals surface area (Å²) >= 11 is 0. The van der Waals surface area contributed by atoms with Crippen molar-refractivity contribution in [3.63, 3.8) is 0 Å². The molecule has 4 saturated carbocycles. The van der Waals surface area contributed by atoms with Gasteiger partial charge in [-0.1, -0.05) is 19.9 Å². The molecule has 9 rings (SSSR count). The second kappa shape index (κ2) is 22.8. The first-order valence-electron chi connectivity index (χ1n) is 26.7. The van der Waals surface area contributed by atoms with Crippen LogP contribution < -0.4 is 0 Å². The van der Waals surface area contributed by atoms with Gasteiger partial charge in [0.05, 0.1) is 43.5 Å². The molecule has 0 unspecified atom stereocenters. The number of aliphatic hydroxyl groups is 16. The minimum Gasteiger partial charge on any atom is -0.432 e. The van der Waals surface area contributed by atoms with Gasteiger partial charge in [0.2, 0.25) is 6.29 Å². The summed E-state index contributed by atoms with van der Waals surface area (Å²) in [5, 5.41) is 171. The van der Waals surface area contributed by atoms with E-state index in [4.69, 9.17) is 47.4 Å². The molecule has 2 bridgehead atoms. The molecule has 5 saturated heterocycles. The molecule has 9 fully saturated rings. The van der Waals surface area contributed by atoms with Gasteiger partial charge in [-0.15, -0.1) is 0 Å². The van der Waals surface area contributed by atoms with Gasteiger partial charge in [0.15, 0.2) is 31.3 Å². The maximum atomic E-state index is 14.9. The summed E-state index contributed by atoms with van der Waals surface area (Å²) < 4.78 is 60.5. The third-order valence-corrected chi connectivity index (χ3v) is 19.2. The molecule has 0 radical (unpaired) electrons. The quantitative estimate of drug-likeness (QED) is 0.0437. The first-order chi connectivity index (χ1) is 36.3. The first kappa shape index (κ1) is 59.8. The Bertz CT molecular complexity index is 2060. The first-order valence-corrected chi connectivity index (χ1v) is 26.7. The van der Waals surface area contributed by atoms with E-state index >= 15 is 0 Å². The molecule has 16 N–H and O–H groups in total. The average molecular weight is 1110 g/mol. The highest BCUT2D eigenvalue weighted by molar-refractivity contribution is 5.77.